The second-order valence-electron chi connectivity index (χ2n) is 10.2. The lowest BCUT2D eigenvalue weighted by atomic mass is 9.95. The van der Waals surface area contributed by atoms with E-state index in [-0.39, 0.29) is 19.0 Å². The monoisotopic (exact) mass is 526 g/mol. The molecule has 2 aromatic carbocycles. The van der Waals surface area contributed by atoms with E-state index in [1.807, 2.05) is 12.1 Å². The van der Waals surface area contributed by atoms with Gasteiger partial charge in [-0.25, -0.2) is 13.2 Å². The highest BCUT2D eigenvalue weighted by atomic mass is 32.2. The third kappa shape index (κ3) is 4.83. The van der Waals surface area contributed by atoms with E-state index in [1.165, 1.54) is 23.6 Å². The fraction of sp³-hybridized carbons (Fsp3) is 0.385. The van der Waals surface area contributed by atoms with Gasteiger partial charge in [-0.3, -0.25) is 19.7 Å². The van der Waals surface area contributed by atoms with Crippen LogP contribution in [0.3, 0.4) is 0 Å². The molecule has 1 aliphatic carbocycles. The molecule has 1 heterocycles. The molecule has 0 bridgehead atoms. The first-order valence-electron chi connectivity index (χ1n) is 11.8. The standard InChI is InChI=1S/C26H30N4O6S/c1-25(2,37(4,35)36)23(33)30(15-17-8-6-5-7-9-17)16-21(31)27-20-11-10-18-13-26(14-19(18)12-20)22(32)28-24(34)29(26)3/h5-12H,13-16H2,1-4H3,(H,27,31)(H,28,32,34). The largest absolute Gasteiger partial charge is 0.328 e. The van der Waals surface area contributed by atoms with Crippen LogP contribution in [0.2, 0.25) is 0 Å². The predicted molar refractivity (Wildman–Crippen MR) is 137 cm³/mol. The molecule has 37 heavy (non-hydrogen) atoms. The van der Waals surface area contributed by atoms with E-state index < -0.39 is 38.0 Å². The van der Waals surface area contributed by atoms with Gasteiger partial charge in [-0.1, -0.05) is 36.4 Å². The van der Waals surface area contributed by atoms with Crippen molar-refractivity contribution in [2.24, 2.45) is 0 Å². The first kappa shape index (κ1) is 26.3. The summed E-state index contributed by atoms with van der Waals surface area (Å²) in [5.74, 6) is -1.51. The average Bonchev–Trinajstić information content (AvgIpc) is 3.31. The first-order chi connectivity index (χ1) is 17.2. The highest BCUT2D eigenvalue weighted by Crippen LogP contribution is 2.38. The quantitative estimate of drug-likeness (QED) is 0.526. The number of hydrogen-bond donors (Lipinski definition) is 2. The molecule has 2 aromatic rings. The minimum Gasteiger partial charge on any atom is -0.328 e. The SMILES string of the molecule is CN1C(=O)NC(=O)C12Cc1ccc(NC(=O)CN(Cc3ccccc3)C(=O)C(C)(C)S(C)(=O)=O)cc1C2. The number of anilines is 1. The second-order valence-corrected chi connectivity index (χ2v) is 12.7. The molecule has 0 aromatic heterocycles. The number of carbonyl (C=O) groups is 4. The van der Waals surface area contributed by atoms with Crippen molar-refractivity contribution < 1.29 is 27.6 Å². The van der Waals surface area contributed by atoms with Crippen molar-refractivity contribution in [1.29, 1.82) is 0 Å². The number of rotatable bonds is 7. The van der Waals surface area contributed by atoms with E-state index in [0.717, 1.165) is 22.9 Å². The molecule has 1 atom stereocenters. The number of nitrogens with one attached hydrogen (secondary N) is 2. The Hall–Kier alpha value is -3.73. The lowest BCUT2D eigenvalue weighted by Crippen LogP contribution is -2.51. The van der Waals surface area contributed by atoms with Gasteiger partial charge in [0.15, 0.2) is 9.84 Å². The van der Waals surface area contributed by atoms with Crippen LogP contribution in [0.1, 0.15) is 30.5 Å². The summed E-state index contributed by atoms with van der Waals surface area (Å²) in [6.07, 6.45) is 1.70. The molecule has 1 aliphatic heterocycles. The van der Waals surface area contributed by atoms with Gasteiger partial charge in [0, 0.05) is 38.4 Å². The van der Waals surface area contributed by atoms with Crippen LogP contribution in [0, 0.1) is 0 Å². The summed E-state index contributed by atoms with van der Waals surface area (Å²) in [6.45, 7) is 2.37. The summed E-state index contributed by atoms with van der Waals surface area (Å²) in [5.41, 5.74) is 2.00. The summed E-state index contributed by atoms with van der Waals surface area (Å²) in [5, 5.41) is 5.13. The number of benzene rings is 2. The molecule has 0 radical (unpaired) electrons. The minimum absolute atomic E-state index is 0.0637. The Morgan fingerprint density at radius 1 is 1.08 bits per heavy atom. The van der Waals surface area contributed by atoms with Gasteiger partial charge < -0.3 is 15.1 Å². The second kappa shape index (κ2) is 9.29. The Balaban J connectivity index is 1.52. The summed E-state index contributed by atoms with van der Waals surface area (Å²) in [6, 6.07) is 13.8. The summed E-state index contributed by atoms with van der Waals surface area (Å²) < 4.78 is 22.9. The topological polar surface area (TPSA) is 133 Å². The number of hydrogen-bond acceptors (Lipinski definition) is 6. The fourth-order valence-electron chi connectivity index (χ4n) is 4.69. The van der Waals surface area contributed by atoms with Crippen LogP contribution in [0.5, 0.6) is 0 Å². The molecule has 2 N–H and O–H groups in total. The molecule has 5 amide bonds. The maximum atomic E-state index is 13.3. The Labute approximate surface area is 215 Å². The van der Waals surface area contributed by atoms with Gasteiger partial charge in [-0.2, -0.15) is 0 Å². The predicted octanol–water partition coefficient (Wildman–Crippen LogP) is 1.50. The van der Waals surface area contributed by atoms with E-state index in [4.69, 9.17) is 0 Å². The zero-order valence-corrected chi connectivity index (χ0v) is 22.0. The normalized spacial score (nSPS) is 19.1. The molecule has 1 spiro atoms. The fourth-order valence-corrected chi connectivity index (χ4v) is 5.14. The number of carbonyl (C=O) groups excluding carboxylic acids is 4. The van der Waals surface area contributed by atoms with Gasteiger partial charge in [-0.05, 0) is 42.7 Å². The van der Waals surface area contributed by atoms with E-state index in [0.29, 0.717) is 18.5 Å². The highest BCUT2D eigenvalue weighted by Gasteiger charge is 2.54. The molecule has 0 saturated carbocycles. The van der Waals surface area contributed by atoms with Crippen LogP contribution in [0.25, 0.3) is 0 Å². The lowest BCUT2D eigenvalue weighted by molar-refractivity contribution is -0.137. The van der Waals surface area contributed by atoms with E-state index >= 15 is 0 Å². The molecular formula is C26H30N4O6S. The zero-order chi connectivity index (χ0) is 27.2. The molecule has 4 rings (SSSR count). The molecule has 2 aliphatic rings. The Morgan fingerprint density at radius 3 is 2.32 bits per heavy atom. The number of sulfone groups is 1. The van der Waals surface area contributed by atoms with E-state index in [9.17, 15) is 27.6 Å². The van der Waals surface area contributed by atoms with Crippen LogP contribution < -0.4 is 10.6 Å². The Kier molecular flexibility index (Phi) is 6.61. The maximum absolute atomic E-state index is 13.3. The summed E-state index contributed by atoms with van der Waals surface area (Å²) >= 11 is 0. The van der Waals surface area contributed by atoms with Gasteiger partial charge in [-0.15, -0.1) is 0 Å². The minimum atomic E-state index is -3.75. The van der Waals surface area contributed by atoms with Gasteiger partial charge >= 0.3 is 6.03 Å². The van der Waals surface area contributed by atoms with Crippen LogP contribution in [0.15, 0.2) is 48.5 Å². The molecule has 1 saturated heterocycles. The van der Waals surface area contributed by atoms with Crippen molar-refractivity contribution in [2.75, 3.05) is 25.2 Å². The third-order valence-corrected chi connectivity index (χ3v) is 9.35. The van der Waals surface area contributed by atoms with Crippen molar-refractivity contribution in [3.8, 4) is 0 Å². The maximum Gasteiger partial charge on any atom is 0.324 e. The summed E-state index contributed by atoms with van der Waals surface area (Å²) in [4.78, 5) is 53.5. The van der Waals surface area contributed by atoms with Gasteiger partial charge in [0.05, 0.1) is 0 Å². The van der Waals surface area contributed by atoms with Gasteiger partial charge in [0.25, 0.3) is 5.91 Å². The Morgan fingerprint density at radius 2 is 1.73 bits per heavy atom. The molecule has 196 valence electrons. The van der Waals surface area contributed by atoms with Crippen LogP contribution >= 0.6 is 0 Å². The lowest BCUT2D eigenvalue weighted by Gasteiger charge is -2.30. The summed E-state index contributed by atoms with van der Waals surface area (Å²) in [7, 11) is -2.16. The number of urea groups is 1. The number of amides is 5. The van der Waals surface area contributed by atoms with Crippen molar-refractivity contribution in [3.63, 3.8) is 0 Å². The number of nitrogens with zero attached hydrogens (tertiary/aromatic N) is 2. The van der Waals surface area contributed by atoms with E-state index in [2.05, 4.69) is 10.6 Å². The van der Waals surface area contributed by atoms with Crippen LogP contribution in [0.4, 0.5) is 10.5 Å². The van der Waals surface area contributed by atoms with Crippen LogP contribution in [-0.2, 0) is 43.6 Å². The van der Waals surface area contributed by atoms with Gasteiger partial charge in [0.1, 0.15) is 16.8 Å². The number of fused-ring (bicyclic) bond motifs is 1. The number of imide groups is 1. The van der Waals surface area contributed by atoms with Crippen molar-refractivity contribution in [2.45, 2.75) is 43.5 Å². The molecule has 1 fully saturated rings. The van der Waals surface area contributed by atoms with Gasteiger partial charge in [0.2, 0.25) is 11.8 Å². The van der Waals surface area contributed by atoms with Crippen molar-refractivity contribution >= 4 is 39.3 Å². The van der Waals surface area contributed by atoms with E-state index in [1.54, 1.807) is 43.4 Å². The smallest absolute Gasteiger partial charge is 0.324 e. The zero-order valence-electron chi connectivity index (χ0n) is 21.2. The Bertz CT molecular complexity index is 1390. The molecule has 10 nitrogen and oxygen atoms in total. The van der Waals surface area contributed by atoms with Crippen molar-refractivity contribution in [3.05, 3.63) is 65.2 Å². The third-order valence-electron chi connectivity index (χ3n) is 7.33. The molecular weight excluding hydrogens is 496 g/mol. The van der Waals surface area contributed by atoms with Crippen molar-refractivity contribution in [1.82, 2.24) is 15.1 Å². The van der Waals surface area contributed by atoms with Crippen LogP contribution in [-0.4, -0.2) is 72.1 Å². The average molecular weight is 527 g/mol. The highest BCUT2D eigenvalue weighted by molar-refractivity contribution is 7.92. The molecule has 1 unspecified atom stereocenters. The first-order valence-corrected chi connectivity index (χ1v) is 13.7. The molecule has 11 heteroatoms. The number of likely N-dealkylation sites (N-methyl/N-ethyl adjacent to an activating group) is 1.